The molecule has 84 valence electrons. The third kappa shape index (κ3) is 5.33. The molecular formula is C6H7F4NaO4. The van der Waals surface area contributed by atoms with Gasteiger partial charge in [0.1, 0.15) is 12.8 Å². The van der Waals surface area contributed by atoms with E-state index in [1.807, 2.05) is 0 Å². The van der Waals surface area contributed by atoms with Crippen molar-refractivity contribution in [2.24, 2.45) is 0 Å². The first-order valence-electron chi connectivity index (χ1n) is 3.28. The van der Waals surface area contributed by atoms with Gasteiger partial charge in [-0.2, -0.15) is 17.6 Å². The third-order valence-corrected chi connectivity index (χ3v) is 1.28. The molecule has 4 nitrogen and oxygen atoms in total. The van der Waals surface area contributed by atoms with E-state index in [-0.39, 0.29) is 29.6 Å². The number of carboxylic acids is 2. The average Bonchev–Trinajstić information content (AvgIpc) is 1.78. The molecule has 9 heteroatoms. The van der Waals surface area contributed by atoms with Gasteiger partial charge in [0, 0.05) is 0 Å². The van der Waals surface area contributed by atoms with Crippen molar-refractivity contribution in [3.63, 3.8) is 0 Å². The average molecular weight is 242 g/mol. The van der Waals surface area contributed by atoms with Gasteiger partial charge >= 0.3 is 53.3 Å². The first kappa shape index (κ1) is 17.1. The molecule has 0 fully saturated rings. The van der Waals surface area contributed by atoms with E-state index in [4.69, 9.17) is 10.2 Å². The Balaban J connectivity index is 0. The second-order valence-electron chi connectivity index (χ2n) is 2.55. The van der Waals surface area contributed by atoms with Crippen molar-refractivity contribution in [1.29, 1.82) is 0 Å². The summed E-state index contributed by atoms with van der Waals surface area (Å²) in [7, 11) is 0. The number of aliphatic carboxylic acids is 2. The van der Waals surface area contributed by atoms with Crippen molar-refractivity contribution >= 4 is 41.5 Å². The van der Waals surface area contributed by atoms with Crippen molar-refractivity contribution < 1.29 is 37.4 Å². The van der Waals surface area contributed by atoms with Crippen LogP contribution in [0.15, 0.2) is 0 Å². The van der Waals surface area contributed by atoms with Gasteiger partial charge < -0.3 is 10.2 Å². The van der Waals surface area contributed by atoms with Crippen LogP contribution in [-0.4, -0.2) is 63.6 Å². The van der Waals surface area contributed by atoms with E-state index in [0.29, 0.717) is 0 Å². The molecule has 0 aliphatic carbocycles. The van der Waals surface area contributed by atoms with E-state index < -0.39 is 36.6 Å². The van der Waals surface area contributed by atoms with E-state index in [1.165, 1.54) is 0 Å². The first-order valence-corrected chi connectivity index (χ1v) is 3.28. The van der Waals surface area contributed by atoms with E-state index in [2.05, 4.69) is 0 Å². The number of carbonyl (C=O) groups is 2. The maximum absolute atomic E-state index is 12.4. The van der Waals surface area contributed by atoms with Gasteiger partial charge in [-0.15, -0.1) is 0 Å². The van der Waals surface area contributed by atoms with Gasteiger partial charge in [-0.3, -0.25) is 9.59 Å². The second-order valence-corrected chi connectivity index (χ2v) is 2.55. The zero-order valence-electron chi connectivity index (χ0n) is 6.64. The molecule has 0 aromatic rings. The molecule has 0 aliphatic heterocycles. The molecule has 0 aliphatic rings. The van der Waals surface area contributed by atoms with E-state index >= 15 is 0 Å². The topological polar surface area (TPSA) is 74.6 Å². The molecule has 0 heterocycles. The first-order chi connectivity index (χ1) is 6.08. The molecule has 0 spiro atoms. The van der Waals surface area contributed by atoms with Gasteiger partial charge in [-0.1, -0.05) is 0 Å². The van der Waals surface area contributed by atoms with Crippen LogP contribution in [0.5, 0.6) is 0 Å². The summed E-state index contributed by atoms with van der Waals surface area (Å²) in [4.78, 5) is 19.6. The second kappa shape index (κ2) is 5.66. The summed E-state index contributed by atoms with van der Waals surface area (Å²) in [6, 6.07) is 0. The van der Waals surface area contributed by atoms with Crippen molar-refractivity contribution in [2.75, 3.05) is 0 Å². The molecule has 0 unspecified atom stereocenters. The minimum absolute atomic E-state index is 0. The molecule has 0 aromatic carbocycles. The molecular weight excluding hydrogens is 235 g/mol. The van der Waals surface area contributed by atoms with Crippen LogP contribution in [0.1, 0.15) is 12.8 Å². The summed E-state index contributed by atoms with van der Waals surface area (Å²) in [5.74, 6) is -14.0. The Hall–Kier alpha value is -0.340. The molecule has 0 saturated carbocycles. The van der Waals surface area contributed by atoms with Crippen molar-refractivity contribution in [1.82, 2.24) is 0 Å². The Morgan fingerprint density at radius 2 is 1.07 bits per heavy atom. The quantitative estimate of drug-likeness (QED) is 0.545. The van der Waals surface area contributed by atoms with Gasteiger partial charge in [0.25, 0.3) is 0 Å². The van der Waals surface area contributed by atoms with Crippen LogP contribution in [-0.2, 0) is 9.59 Å². The number of hydrogen-bond acceptors (Lipinski definition) is 2. The number of halogens is 4. The number of alkyl halides is 4. The normalized spacial score (nSPS) is 11.7. The van der Waals surface area contributed by atoms with Crippen LogP contribution in [0.3, 0.4) is 0 Å². The van der Waals surface area contributed by atoms with E-state index in [9.17, 15) is 27.2 Å². The van der Waals surface area contributed by atoms with Crippen LogP contribution in [0.25, 0.3) is 0 Å². The van der Waals surface area contributed by atoms with Crippen LogP contribution in [0.2, 0.25) is 0 Å². The summed E-state index contributed by atoms with van der Waals surface area (Å²) >= 11 is 0. The van der Waals surface area contributed by atoms with Crippen LogP contribution in [0, 0.1) is 0 Å². The van der Waals surface area contributed by atoms with Crippen LogP contribution >= 0.6 is 0 Å². The summed E-state index contributed by atoms with van der Waals surface area (Å²) in [5, 5.41) is 15.8. The fraction of sp³-hybridized carbons (Fsp3) is 0.667. The Morgan fingerprint density at radius 1 is 0.867 bits per heavy atom. The van der Waals surface area contributed by atoms with Crippen molar-refractivity contribution in [3.05, 3.63) is 0 Å². The number of hydrogen-bond donors (Lipinski definition) is 2. The van der Waals surface area contributed by atoms with Gasteiger partial charge in [-0.25, -0.2) is 0 Å². The summed E-state index contributed by atoms with van der Waals surface area (Å²) in [6.45, 7) is 0. The summed E-state index contributed by atoms with van der Waals surface area (Å²) in [5.41, 5.74) is 0. The summed E-state index contributed by atoms with van der Waals surface area (Å²) < 4.78 is 49.7. The zero-order chi connectivity index (χ0) is 11.6. The SMILES string of the molecule is O=C(O)CC(F)(F)C(F)(F)CC(=O)O.[NaH]. The minimum atomic E-state index is -4.86. The molecule has 2 N–H and O–H groups in total. The van der Waals surface area contributed by atoms with E-state index in [0.717, 1.165) is 0 Å². The van der Waals surface area contributed by atoms with E-state index in [1.54, 1.807) is 0 Å². The monoisotopic (exact) mass is 242 g/mol. The molecule has 0 aromatic heterocycles. The predicted molar refractivity (Wildman–Crippen MR) is 41.5 cm³/mol. The molecule has 0 saturated heterocycles. The van der Waals surface area contributed by atoms with Crippen LogP contribution < -0.4 is 0 Å². The molecule has 0 rings (SSSR count). The van der Waals surface area contributed by atoms with Gasteiger partial charge in [-0.05, 0) is 0 Å². The molecule has 15 heavy (non-hydrogen) atoms. The van der Waals surface area contributed by atoms with Crippen molar-refractivity contribution in [2.45, 2.75) is 24.7 Å². The Kier molecular flexibility index (Phi) is 6.45. The molecule has 0 radical (unpaired) electrons. The molecule has 0 bridgehead atoms. The zero-order valence-corrected chi connectivity index (χ0v) is 6.64. The van der Waals surface area contributed by atoms with Gasteiger partial charge in [0.05, 0.1) is 0 Å². The fourth-order valence-corrected chi connectivity index (χ4v) is 0.638. The Bertz CT molecular complexity index is 230. The van der Waals surface area contributed by atoms with Crippen molar-refractivity contribution in [3.8, 4) is 0 Å². The van der Waals surface area contributed by atoms with Crippen LogP contribution in [0.4, 0.5) is 17.6 Å². The Labute approximate surface area is 104 Å². The maximum atomic E-state index is 12.4. The number of carboxylic acid groups (broad SMARTS) is 2. The Morgan fingerprint density at radius 3 is 1.20 bits per heavy atom. The fourth-order valence-electron chi connectivity index (χ4n) is 0.638. The third-order valence-electron chi connectivity index (χ3n) is 1.28. The number of rotatable bonds is 5. The van der Waals surface area contributed by atoms with Gasteiger partial charge in [0.2, 0.25) is 0 Å². The summed E-state index contributed by atoms with van der Waals surface area (Å²) in [6.07, 6.45) is -4.21. The molecule has 0 atom stereocenters. The standard InChI is InChI=1S/C6H6F4O4.Na.H/c7-5(8,1-3(11)12)6(9,10)2-4(13)14;;/h1-2H2,(H,11,12)(H,13,14);;. The predicted octanol–water partition coefficient (Wildman–Crippen LogP) is 0.558. The molecule has 0 amide bonds. The van der Waals surface area contributed by atoms with Gasteiger partial charge in [0.15, 0.2) is 0 Å².